The normalized spacial score (nSPS) is 16.6. The molecule has 39 heavy (non-hydrogen) atoms. The number of nitrogens with zero attached hydrogens (tertiary/aromatic N) is 3. The van der Waals surface area contributed by atoms with E-state index in [2.05, 4.69) is 19.9 Å². The van der Waals surface area contributed by atoms with E-state index in [4.69, 9.17) is 6.57 Å². The highest BCUT2D eigenvalue weighted by Gasteiger charge is 2.50. The molecule has 1 fully saturated rings. The van der Waals surface area contributed by atoms with Crippen molar-refractivity contribution in [3.8, 4) is 5.75 Å². The third-order valence-electron chi connectivity index (χ3n) is 6.66. The van der Waals surface area contributed by atoms with E-state index in [0.717, 1.165) is 47.1 Å². The second-order valence-electron chi connectivity index (χ2n) is 9.06. The minimum absolute atomic E-state index is 0.0652. The zero-order valence-corrected chi connectivity index (χ0v) is 20.6. The molecule has 1 N–H and O–H groups in total. The van der Waals surface area contributed by atoms with Crippen molar-refractivity contribution in [1.82, 2.24) is 4.98 Å². The maximum atomic E-state index is 14.0. The molecule has 0 saturated heterocycles. The number of aromatic nitrogens is 1. The van der Waals surface area contributed by atoms with Gasteiger partial charge >= 0.3 is 12.5 Å². The number of fused-ring (bicyclic) bond motifs is 2. The number of ether oxygens (including phenoxy) is 1. The Kier molecular flexibility index (Phi) is 6.17. The van der Waals surface area contributed by atoms with Crippen molar-refractivity contribution in [2.75, 3.05) is 9.62 Å². The van der Waals surface area contributed by atoms with Crippen molar-refractivity contribution in [3.05, 3.63) is 82.8 Å². The Bertz CT molecular complexity index is 1580. The molecular formula is C25H18F6N4O3S. The zero-order valence-electron chi connectivity index (χ0n) is 19.8. The van der Waals surface area contributed by atoms with Gasteiger partial charge in [-0.3, -0.25) is 4.31 Å². The zero-order chi connectivity index (χ0) is 28.2. The molecule has 2 aromatic carbocycles. The molecule has 2 heterocycles. The van der Waals surface area contributed by atoms with Gasteiger partial charge in [-0.25, -0.2) is 20.0 Å². The van der Waals surface area contributed by atoms with E-state index < -0.39 is 46.1 Å². The standard InChI is InChI=1S/C25H18F6N4O3S/c1-32-23(12-3-13-23)18-4-2-5-19-21(18)35(14-15-6-11-20(24(26,27)28)34-22(15)33-19)39(36,37)17-9-7-16(8-10-17)38-25(29,30)31/h2,4-11H,3,12-14H2,(H,33,34). The van der Waals surface area contributed by atoms with Gasteiger partial charge in [-0.15, -0.1) is 13.2 Å². The maximum absolute atomic E-state index is 14.0. The maximum Gasteiger partial charge on any atom is 0.573 e. The molecule has 14 heteroatoms. The monoisotopic (exact) mass is 568 g/mol. The molecular weight excluding hydrogens is 550 g/mol. The van der Waals surface area contributed by atoms with Crippen LogP contribution in [-0.2, 0) is 28.3 Å². The van der Waals surface area contributed by atoms with Gasteiger partial charge < -0.3 is 14.9 Å². The molecule has 1 aliphatic carbocycles. The number of nitrogens with one attached hydrogen (secondary N) is 1. The van der Waals surface area contributed by atoms with Gasteiger partial charge in [0, 0.05) is 18.4 Å². The number of hydrogen-bond acceptors (Lipinski definition) is 5. The number of hydrogen-bond donors (Lipinski definition) is 1. The number of pyridine rings is 1. The summed E-state index contributed by atoms with van der Waals surface area (Å²) in [6.07, 6.45) is -8.10. The summed E-state index contributed by atoms with van der Waals surface area (Å²) in [5, 5.41) is 2.82. The molecule has 3 aromatic rings. The van der Waals surface area contributed by atoms with E-state index in [9.17, 15) is 34.8 Å². The molecule has 1 aliphatic heterocycles. The first-order valence-electron chi connectivity index (χ1n) is 11.5. The van der Waals surface area contributed by atoms with Crippen LogP contribution in [0.4, 0.5) is 43.5 Å². The van der Waals surface area contributed by atoms with Crippen LogP contribution in [0.5, 0.6) is 5.75 Å². The smallest absolute Gasteiger partial charge is 0.406 e. The Balaban J connectivity index is 1.68. The van der Waals surface area contributed by atoms with Gasteiger partial charge in [0.25, 0.3) is 15.6 Å². The summed E-state index contributed by atoms with van der Waals surface area (Å²) in [5.41, 5.74) is -1.54. The average molecular weight is 568 g/mol. The lowest BCUT2D eigenvalue weighted by molar-refractivity contribution is -0.274. The molecule has 5 rings (SSSR count). The summed E-state index contributed by atoms with van der Waals surface area (Å²) in [7, 11) is -4.51. The Morgan fingerprint density at radius 3 is 2.26 bits per heavy atom. The Labute approximate surface area is 218 Å². The fraction of sp³-hybridized carbons (Fsp3) is 0.280. The van der Waals surface area contributed by atoms with E-state index >= 15 is 0 Å². The van der Waals surface area contributed by atoms with E-state index in [-0.39, 0.29) is 27.7 Å². The van der Waals surface area contributed by atoms with Crippen molar-refractivity contribution >= 4 is 27.2 Å². The lowest BCUT2D eigenvalue weighted by Crippen LogP contribution is -2.36. The summed E-state index contributed by atoms with van der Waals surface area (Å²) in [6.45, 7) is 7.37. The van der Waals surface area contributed by atoms with Crippen LogP contribution in [0.15, 0.2) is 59.5 Å². The summed E-state index contributed by atoms with van der Waals surface area (Å²) >= 11 is 0. The van der Waals surface area contributed by atoms with Gasteiger partial charge in [0.15, 0.2) is 0 Å². The lowest BCUT2D eigenvalue weighted by atomic mass is 9.71. The highest BCUT2D eigenvalue weighted by Crippen LogP contribution is 2.52. The second kappa shape index (κ2) is 9.04. The molecule has 0 atom stereocenters. The number of sulfonamides is 1. The van der Waals surface area contributed by atoms with Gasteiger partial charge in [-0.1, -0.05) is 12.1 Å². The number of halogens is 6. The molecule has 7 nitrogen and oxygen atoms in total. The number of rotatable bonds is 4. The largest absolute Gasteiger partial charge is 0.573 e. The molecule has 0 amide bonds. The quantitative estimate of drug-likeness (QED) is 0.278. The first-order valence-corrected chi connectivity index (χ1v) is 12.9. The van der Waals surface area contributed by atoms with Crippen molar-refractivity contribution in [1.29, 1.82) is 0 Å². The number of alkyl halides is 6. The number of anilines is 3. The Morgan fingerprint density at radius 1 is 1.00 bits per heavy atom. The number of benzene rings is 2. The van der Waals surface area contributed by atoms with Crippen LogP contribution in [0, 0.1) is 6.57 Å². The molecule has 204 valence electrons. The fourth-order valence-electron chi connectivity index (χ4n) is 4.63. The molecule has 0 unspecified atom stereocenters. The van der Waals surface area contributed by atoms with E-state index in [1.165, 1.54) is 6.07 Å². The van der Waals surface area contributed by atoms with Gasteiger partial charge in [0.1, 0.15) is 17.3 Å². The van der Waals surface area contributed by atoms with Crippen LogP contribution in [0.3, 0.4) is 0 Å². The molecule has 0 bridgehead atoms. The topological polar surface area (TPSA) is 75.9 Å². The molecule has 2 aliphatic rings. The van der Waals surface area contributed by atoms with Crippen molar-refractivity contribution in [2.24, 2.45) is 0 Å². The minimum Gasteiger partial charge on any atom is -0.406 e. The summed E-state index contributed by atoms with van der Waals surface area (Å²) in [4.78, 5) is 7.08. The van der Waals surface area contributed by atoms with E-state index in [0.29, 0.717) is 18.4 Å². The van der Waals surface area contributed by atoms with E-state index in [1.54, 1.807) is 12.1 Å². The predicted molar refractivity (Wildman–Crippen MR) is 128 cm³/mol. The van der Waals surface area contributed by atoms with Crippen LogP contribution >= 0.6 is 0 Å². The minimum atomic E-state index is -4.98. The van der Waals surface area contributed by atoms with Crippen molar-refractivity contribution in [2.45, 2.75) is 48.8 Å². The van der Waals surface area contributed by atoms with Crippen molar-refractivity contribution in [3.63, 3.8) is 0 Å². The van der Waals surface area contributed by atoms with Gasteiger partial charge in [0.05, 0.1) is 28.4 Å². The fourth-order valence-corrected chi connectivity index (χ4v) is 6.11. The summed E-state index contributed by atoms with van der Waals surface area (Å²) in [6, 6.07) is 10.1. The Hall–Kier alpha value is -3.99. The first kappa shape index (κ1) is 26.6. The second-order valence-corrected chi connectivity index (χ2v) is 10.9. The highest BCUT2D eigenvalue weighted by atomic mass is 32.2. The van der Waals surface area contributed by atoms with Crippen LogP contribution < -0.4 is 14.4 Å². The average Bonchev–Trinajstić information content (AvgIpc) is 2.99. The van der Waals surface area contributed by atoms with Crippen LogP contribution in [-0.4, -0.2) is 19.8 Å². The molecule has 0 spiro atoms. The highest BCUT2D eigenvalue weighted by molar-refractivity contribution is 7.92. The van der Waals surface area contributed by atoms with Crippen molar-refractivity contribution < 1.29 is 39.5 Å². The third kappa shape index (κ3) is 4.82. The van der Waals surface area contributed by atoms with Gasteiger partial charge in [-0.05, 0) is 48.9 Å². The van der Waals surface area contributed by atoms with E-state index in [1.807, 2.05) is 0 Å². The van der Waals surface area contributed by atoms with Crippen LogP contribution in [0.25, 0.3) is 4.85 Å². The van der Waals surface area contributed by atoms with Crippen LogP contribution in [0.2, 0.25) is 0 Å². The molecule has 1 aromatic heterocycles. The van der Waals surface area contributed by atoms with Gasteiger partial charge in [-0.2, -0.15) is 13.2 Å². The summed E-state index contributed by atoms with van der Waals surface area (Å²) in [5.74, 6) is -0.837. The third-order valence-corrected chi connectivity index (χ3v) is 8.42. The number of para-hydroxylation sites is 1. The Morgan fingerprint density at radius 2 is 1.69 bits per heavy atom. The van der Waals surface area contributed by atoms with Gasteiger partial charge in [0.2, 0.25) is 0 Å². The van der Waals surface area contributed by atoms with Crippen LogP contribution in [0.1, 0.15) is 36.1 Å². The lowest BCUT2D eigenvalue weighted by Gasteiger charge is -2.35. The molecule has 1 saturated carbocycles. The summed E-state index contributed by atoms with van der Waals surface area (Å²) < 4.78 is 111. The first-order chi connectivity index (χ1) is 18.2. The molecule has 0 radical (unpaired) electrons. The predicted octanol–water partition coefficient (Wildman–Crippen LogP) is 6.75. The SMILES string of the molecule is [C-]#[N+]C1(c2cccc3c2N(S(=O)(=O)c2ccc(OC(F)(F)F)cc2)Cc2ccc(C(F)(F)F)nc2N3)CCC1.